The van der Waals surface area contributed by atoms with Crippen molar-refractivity contribution in [1.29, 1.82) is 0 Å². The zero-order chi connectivity index (χ0) is 16.1. The first-order valence-electron chi connectivity index (χ1n) is 8.38. The Morgan fingerprint density at radius 2 is 1.96 bits per heavy atom. The highest BCUT2D eigenvalue weighted by Gasteiger charge is 2.19. The Kier molecular flexibility index (Phi) is 5.39. The number of rotatable bonds is 4. The van der Waals surface area contributed by atoms with Crippen LogP contribution in [0.1, 0.15) is 42.7 Å². The molecule has 1 aliphatic carbocycles. The molecular formula is C18H24N4S. The van der Waals surface area contributed by atoms with Gasteiger partial charge in [-0.1, -0.05) is 41.9 Å². The molecule has 0 saturated heterocycles. The first kappa shape index (κ1) is 16.1. The number of hydrogen-bond acceptors (Lipinski definition) is 4. The number of aromatic nitrogens is 2. The Balaban J connectivity index is 1.86. The molecule has 0 radical (unpaired) electrons. The normalized spacial score (nSPS) is 16.5. The van der Waals surface area contributed by atoms with E-state index < -0.39 is 0 Å². The average Bonchev–Trinajstić information content (AvgIpc) is 3.02. The highest BCUT2D eigenvalue weighted by molar-refractivity contribution is 7.08. The average molecular weight is 328 g/mol. The van der Waals surface area contributed by atoms with Gasteiger partial charge in [0, 0.05) is 19.3 Å². The van der Waals surface area contributed by atoms with E-state index in [2.05, 4.69) is 45.8 Å². The Bertz CT molecular complexity index is 644. The molecule has 0 aliphatic heterocycles. The molecule has 1 saturated carbocycles. The Morgan fingerprint density at radius 1 is 1.22 bits per heavy atom. The van der Waals surface area contributed by atoms with Crippen molar-refractivity contribution in [2.75, 3.05) is 18.5 Å². The third-order valence-corrected chi connectivity index (χ3v) is 5.36. The number of hydrogen-bond donors (Lipinski definition) is 0. The van der Waals surface area contributed by atoms with E-state index >= 15 is 0 Å². The summed E-state index contributed by atoms with van der Waals surface area (Å²) >= 11 is 1.43. The lowest BCUT2D eigenvalue weighted by atomic mass is 9.89. The van der Waals surface area contributed by atoms with Crippen molar-refractivity contribution in [2.24, 2.45) is 10.9 Å². The minimum atomic E-state index is 0.726. The summed E-state index contributed by atoms with van der Waals surface area (Å²) in [6.07, 6.45) is 6.71. The summed E-state index contributed by atoms with van der Waals surface area (Å²) in [7, 11) is 2.08. The largest absolute Gasteiger partial charge is 0.329 e. The summed E-state index contributed by atoms with van der Waals surface area (Å²) in [5.74, 6) is 1.72. The lowest BCUT2D eigenvalue weighted by Gasteiger charge is -2.23. The Hall–Kier alpha value is -1.75. The monoisotopic (exact) mass is 328 g/mol. The van der Waals surface area contributed by atoms with Crippen molar-refractivity contribution >= 4 is 23.1 Å². The molecule has 1 aromatic heterocycles. The van der Waals surface area contributed by atoms with Crippen molar-refractivity contribution in [1.82, 2.24) is 9.59 Å². The van der Waals surface area contributed by atoms with Crippen LogP contribution in [0.4, 0.5) is 5.69 Å². The molecule has 1 aromatic carbocycles. The van der Waals surface area contributed by atoms with Gasteiger partial charge >= 0.3 is 0 Å². The predicted molar refractivity (Wildman–Crippen MR) is 97.5 cm³/mol. The quantitative estimate of drug-likeness (QED) is 0.620. The number of aryl methyl sites for hydroxylation is 1. The van der Waals surface area contributed by atoms with E-state index in [9.17, 15) is 0 Å². The minimum Gasteiger partial charge on any atom is -0.329 e. The number of anilines is 1. The van der Waals surface area contributed by atoms with Gasteiger partial charge in [-0.15, -0.1) is 5.10 Å². The van der Waals surface area contributed by atoms with E-state index in [1.807, 2.05) is 13.0 Å². The number of benzene rings is 1. The second-order valence-electron chi connectivity index (χ2n) is 6.25. The third kappa shape index (κ3) is 3.96. The van der Waals surface area contributed by atoms with Crippen LogP contribution < -0.4 is 4.90 Å². The van der Waals surface area contributed by atoms with Crippen LogP contribution >= 0.6 is 11.5 Å². The summed E-state index contributed by atoms with van der Waals surface area (Å²) in [5, 5.41) is 4.17. The molecule has 0 spiro atoms. The summed E-state index contributed by atoms with van der Waals surface area (Å²) in [4.78, 5) is 8.23. The van der Waals surface area contributed by atoms with E-state index in [4.69, 9.17) is 4.99 Å². The van der Waals surface area contributed by atoms with Gasteiger partial charge in [-0.25, -0.2) is 0 Å². The van der Waals surface area contributed by atoms with Crippen LogP contribution in [-0.2, 0) is 0 Å². The third-order valence-electron chi connectivity index (χ3n) is 4.54. The van der Waals surface area contributed by atoms with Crippen molar-refractivity contribution in [3.05, 3.63) is 40.9 Å². The second kappa shape index (κ2) is 7.68. The van der Waals surface area contributed by atoms with Gasteiger partial charge in [0.15, 0.2) is 0 Å². The van der Waals surface area contributed by atoms with Crippen molar-refractivity contribution in [2.45, 2.75) is 39.0 Å². The van der Waals surface area contributed by atoms with Crippen LogP contribution in [0.15, 0.2) is 35.3 Å². The molecular weight excluding hydrogens is 304 g/mol. The maximum atomic E-state index is 5.00. The van der Waals surface area contributed by atoms with Crippen LogP contribution in [0.25, 0.3) is 0 Å². The van der Waals surface area contributed by atoms with Crippen molar-refractivity contribution < 1.29 is 0 Å². The van der Waals surface area contributed by atoms with Gasteiger partial charge in [0.25, 0.3) is 0 Å². The second-order valence-corrected chi connectivity index (χ2v) is 7.00. The first-order chi connectivity index (χ1) is 11.3. The number of para-hydroxylation sites is 1. The van der Waals surface area contributed by atoms with Crippen LogP contribution in [0.3, 0.4) is 0 Å². The molecule has 0 atom stereocenters. The SMILES string of the molecule is Cc1nnsc1C(=NCC1CCCCC1)N(C)c1ccccc1. The fourth-order valence-corrected chi connectivity index (χ4v) is 3.83. The van der Waals surface area contributed by atoms with Gasteiger partial charge in [0.1, 0.15) is 10.7 Å². The Morgan fingerprint density at radius 3 is 2.61 bits per heavy atom. The van der Waals surface area contributed by atoms with Crippen molar-refractivity contribution in [3.63, 3.8) is 0 Å². The molecule has 23 heavy (non-hydrogen) atoms. The molecule has 1 aliphatic rings. The fraction of sp³-hybridized carbons (Fsp3) is 0.500. The fourth-order valence-electron chi connectivity index (χ4n) is 3.13. The highest BCUT2D eigenvalue weighted by atomic mass is 32.1. The van der Waals surface area contributed by atoms with Crippen LogP contribution in [-0.4, -0.2) is 29.0 Å². The molecule has 122 valence electrons. The van der Waals surface area contributed by atoms with Gasteiger partial charge in [0.2, 0.25) is 0 Å². The lowest BCUT2D eigenvalue weighted by molar-refractivity contribution is 0.367. The summed E-state index contributed by atoms with van der Waals surface area (Å²) in [6.45, 7) is 2.91. The van der Waals surface area contributed by atoms with Crippen LogP contribution in [0.2, 0.25) is 0 Å². The van der Waals surface area contributed by atoms with Gasteiger partial charge in [0.05, 0.1) is 5.69 Å². The summed E-state index contributed by atoms with van der Waals surface area (Å²) < 4.78 is 4.10. The van der Waals surface area contributed by atoms with E-state index in [0.717, 1.165) is 34.6 Å². The van der Waals surface area contributed by atoms with E-state index in [0.29, 0.717) is 0 Å². The zero-order valence-corrected chi connectivity index (χ0v) is 14.7. The van der Waals surface area contributed by atoms with Gasteiger partial charge < -0.3 is 4.90 Å². The topological polar surface area (TPSA) is 41.4 Å². The smallest absolute Gasteiger partial charge is 0.149 e. The highest BCUT2D eigenvalue weighted by Crippen LogP contribution is 2.25. The molecule has 0 unspecified atom stereocenters. The zero-order valence-electron chi connectivity index (χ0n) is 13.9. The van der Waals surface area contributed by atoms with Crippen molar-refractivity contribution in [3.8, 4) is 0 Å². The molecule has 2 aromatic rings. The van der Waals surface area contributed by atoms with E-state index in [-0.39, 0.29) is 0 Å². The predicted octanol–water partition coefficient (Wildman–Crippen LogP) is 4.31. The number of amidine groups is 1. The van der Waals surface area contributed by atoms with E-state index in [1.54, 1.807) is 0 Å². The summed E-state index contributed by atoms with van der Waals surface area (Å²) in [6, 6.07) is 10.4. The molecule has 0 bridgehead atoms. The molecule has 3 rings (SSSR count). The van der Waals surface area contributed by atoms with Gasteiger partial charge in [-0.3, -0.25) is 4.99 Å². The van der Waals surface area contributed by atoms with Gasteiger partial charge in [-0.2, -0.15) is 0 Å². The van der Waals surface area contributed by atoms with Crippen LogP contribution in [0, 0.1) is 12.8 Å². The van der Waals surface area contributed by atoms with Gasteiger partial charge in [-0.05, 0) is 49.3 Å². The summed E-state index contributed by atoms with van der Waals surface area (Å²) in [5.41, 5.74) is 2.10. The molecule has 5 heteroatoms. The molecule has 0 N–H and O–H groups in total. The standard InChI is InChI=1S/C18H24N4S/c1-14-17(23-21-20-14)18(19-13-15-9-5-3-6-10-15)22(2)16-11-7-4-8-12-16/h4,7-8,11-12,15H,3,5-6,9-10,13H2,1-2H3. The first-order valence-corrected chi connectivity index (χ1v) is 9.15. The maximum absolute atomic E-state index is 5.00. The van der Waals surface area contributed by atoms with Crippen LogP contribution in [0.5, 0.6) is 0 Å². The Labute approximate surface area is 142 Å². The lowest BCUT2D eigenvalue weighted by Crippen LogP contribution is -2.28. The maximum Gasteiger partial charge on any atom is 0.149 e. The molecule has 4 nitrogen and oxygen atoms in total. The minimum absolute atomic E-state index is 0.726. The molecule has 0 amide bonds. The number of nitrogens with zero attached hydrogens (tertiary/aromatic N) is 4. The molecule has 1 heterocycles. The number of aliphatic imine (C=N–C) groups is 1. The molecule has 1 fully saturated rings. The van der Waals surface area contributed by atoms with E-state index in [1.165, 1.54) is 43.6 Å².